The third-order valence-electron chi connectivity index (χ3n) is 6.47. The second-order valence-corrected chi connectivity index (χ2v) is 8.20. The number of hydrogen-bond acceptors (Lipinski definition) is 3. The Bertz CT molecular complexity index is 394. The number of hydrogen-bond donors (Lipinski definition) is 2. The largest absolute Gasteiger partial charge is 0.364 e. The van der Waals surface area contributed by atoms with Gasteiger partial charge in [0, 0.05) is 13.1 Å². The Morgan fingerprint density at radius 3 is 2.18 bits per heavy atom. The van der Waals surface area contributed by atoms with Crippen LogP contribution < -0.4 is 11.1 Å². The van der Waals surface area contributed by atoms with Crippen molar-refractivity contribution >= 4 is 18.3 Å². The smallest absolute Gasteiger partial charge is 0.249 e. The lowest BCUT2D eigenvalue weighted by molar-refractivity contribution is -0.133. The van der Waals surface area contributed by atoms with Gasteiger partial charge in [-0.2, -0.15) is 0 Å². The Morgan fingerprint density at radius 2 is 1.68 bits per heavy atom. The van der Waals surface area contributed by atoms with Crippen LogP contribution in [-0.4, -0.2) is 31.2 Å². The van der Waals surface area contributed by atoms with Crippen LogP contribution in [0.3, 0.4) is 0 Å². The van der Waals surface area contributed by atoms with Crippen LogP contribution in [-0.2, 0) is 9.53 Å². The first kappa shape index (κ1) is 16.5. The molecule has 1 heterocycles. The fraction of sp³-hybridized carbons (Fsp3) is 0.941. The molecule has 0 spiro atoms. The van der Waals surface area contributed by atoms with Gasteiger partial charge in [0.2, 0.25) is 5.91 Å². The summed E-state index contributed by atoms with van der Waals surface area (Å²) in [6.45, 7) is 1.40. The number of amides is 1. The molecule has 5 rings (SSSR count). The van der Waals surface area contributed by atoms with Gasteiger partial charge in [-0.1, -0.05) is 0 Å². The van der Waals surface area contributed by atoms with E-state index in [9.17, 15) is 4.79 Å². The zero-order chi connectivity index (χ0) is 14.4. The molecule has 4 bridgehead atoms. The van der Waals surface area contributed by atoms with E-state index in [1.807, 2.05) is 0 Å². The maximum absolute atomic E-state index is 12.3. The van der Waals surface area contributed by atoms with E-state index in [-0.39, 0.29) is 30.5 Å². The zero-order valence-corrected chi connectivity index (χ0v) is 14.1. The van der Waals surface area contributed by atoms with Crippen LogP contribution in [0, 0.1) is 23.2 Å². The van der Waals surface area contributed by atoms with E-state index < -0.39 is 0 Å². The first-order valence-electron chi connectivity index (χ1n) is 8.79. The fourth-order valence-electron chi connectivity index (χ4n) is 5.97. The average molecular weight is 329 g/mol. The summed E-state index contributed by atoms with van der Waals surface area (Å²) >= 11 is 0. The van der Waals surface area contributed by atoms with Gasteiger partial charge in [0.1, 0.15) is 6.10 Å². The lowest BCUT2D eigenvalue weighted by atomic mass is 9.49. The molecule has 2 atom stereocenters. The first-order chi connectivity index (χ1) is 10.2. The van der Waals surface area contributed by atoms with Gasteiger partial charge in [-0.25, -0.2) is 0 Å². The van der Waals surface area contributed by atoms with E-state index >= 15 is 0 Å². The van der Waals surface area contributed by atoms with E-state index in [0.29, 0.717) is 12.0 Å². The van der Waals surface area contributed by atoms with Crippen LogP contribution in [0.1, 0.15) is 51.4 Å². The van der Waals surface area contributed by atoms with Crippen LogP contribution in [0.2, 0.25) is 0 Å². The summed E-state index contributed by atoms with van der Waals surface area (Å²) in [4.78, 5) is 12.3. The van der Waals surface area contributed by atoms with Gasteiger partial charge < -0.3 is 15.8 Å². The number of halogens is 1. The molecule has 4 aliphatic carbocycles. The molecule has 5 aliphatic rings. The van der Waals surface area contributed by atoms with Crippen LogP contribution in [0.25, 0.3) is 0 Å². The van der Waals surface area contributed by atoms with Crippen LogP contribution >= 0.6 is 12.4 Å². The predicted molar refractivity (Wildman–Crippen MR) is 87.8 cm³/mol. The highest BCUT2D eigenvalue weighted by Gasteiger charge is 2.50. The number of carbonyl (C=O) groups is 1. The van der Waals surface area contributed by atoms with Gasteiger partial charge in [-0.05, 0) is 74.5 Å². The van der Waals surface area contributed by atoms with Crippen LogP contribution in [0.15, 0.2) is 0 Å². The maximum Gasteiger partial charge on any atom is 0.249 e. The minimum atomic E-state index is -0.257. The highest BCUT2D eigenvalue weighted by molar-refractivity contribution is 5.85. The fourth-order valence-corrected chi connectivity index (χ4v) is 5.97. The van der Waals surface area contributed by atoms with Crippen molar-refractivity contribution in [3.63, 3.8) is 0 Å². The summed E-state index contributed by atoms with van der Waals surface area (Å²) in [5, 5.41) is 3.22. The standard InChI is InChI=1S/C17H28N2O2.ClH/c18-9-14-1-2-15(21-14)16(20)19-10-17-6-11-3-12(7-17)5-13(4-11)8-17;/h11-15H,1-10,18H2,(H,19,20);1H/t11?,12?,13?,14-,15+,17?;/m1./s1. The van der Waals surface area contributed by atoms with E-state index in [0.717, 1.165) is 37.1 Å². The van der Waals surface area contributed by atoms with Crippen molar-refractivity contribution < 1.29 is 9.53 Å². The summed E-state index contributed by atoms with van der Waals surface area (Å²) in [6.07, 6.45) is 9.97. The molecule has 5 heteroatoms. The molecule has 0 aromatic rings. The van der Waals surface area contributed by atoms with Crippen molar-refractivity contribution in [3.8, 4) is 0 Å². The van der Waals surface area contributed by atoms with Gasteiger partial charge >= 0.3 is 0 Å². The number of nitrogens with two attached hydrogens (primary N) is 1. The minimum Gasteiger partial charge on any atom is -0.364 e. The summed E-state index contributed by atoms with van der Waals surface area (Å²) in [7, 11) is 0. The number of nitrogens with one attached hydrogen (secondary N) is 1. The Morgan fingerprint density at radius 1 is 1.09 bits per heavy atom. The molecule has 3 N–H and O–H groups in total. The lowest BCUT2D eigenvalue weighted by Crippen LogP contribution is -2.52. The molecule has 5 fully saturated rings. The number of rotatable bonds is 4. The highest BCUT2D eigenvalue weighted by Crippen LogP contribution is 2.59. The Balaban J connectivity index is 0.00000144. The van der Waals surface area contributed by atoms with Crippen molar-refractivity contribution in [3.05, 3.63) is 0 Å². The molecular formula is C17H29ClN2O2. The summed E-state index contributed by atoms with van der Waals surface area (Å²) in [5.41, 5.74) is 6.03. The van der Waals surface area contributed by atoms with E-state index in [2.05, 4.69) is 5.32 Å². The van der Waals surface area contributed by atoms with Crippen molar-refractivity contribution in [2.75, 3.05) is 13.1 Å². The molecule has 22 heavy (non-hydrogen) atoms. The third kappa shape index (κ3) is 3.02. The molecule has 1 saturated heterocycles. The molecule has 0 unspecified atom stereocenters. The Kier molecular flexibility index (Phi) is 4.73. The van der Waals surface area contributed by atoms with Crippen LogP contribution in [0.4, 0.5) is 0 Å². The molecule has 126 valence electrons. The zero-order valence-electron chi connectivity index (χ0n) is 13.3. The van der Waals surface area contributed by atoms with Crippen molar-refractivity contribution in [2.24, 2.45) is 28.9 Å². The van der Waals surface area contributed by atoms with Gasteiger partial charge in [0.15, 0.2) is 0 Å². The van der Waals surface area contributed by atoms with Crippen molar-refractivity contribution in [1.29, 1.82) is 0 Å². The molecule has 4 nitrogen and oxygen atoms in total. The molecule has 1 aliphatic heterocycles. The molecule has 1 amide bonds. The molecule has 0 aromatic heterocycles. The van der Waals surface area contributed by atoms with E-state index in [4.69, 9.17) is 10.5 Å². The number of carbonyl (C=O) groups excluding carboxylic acids is 1. The van der Waals surface area contributed by atoms with E-state index in [1.165, 1.54) is 38.5 Å². The second-order valence-electron chi connectivity index (χ2n) is 8.20. The molecular weight excluding hydrogens is 300 g/mol. The third-order valence-corrected chi connectivity index (χ3v) is 6.47. The monoisotopic (exact) mass is 328 g/mol. The van der Waals surface area contributed by atoms with Gasteiger partial charge in [-0.15, -0.1) is 12.4 Å². The van der Waals surface area contributed by atoms with Crippen molar-refractivity contribution in [1.82, 2.24) is 5.32 Å². The maximum atomic E-state index is 12.3. The van der Waals surface area contributed by atoms with E-state index in [1.54, 1.807) is 0 Å². The Labute approximate surface area is 139 Å². The van der Waals surface area contributed by atoms with Crippen LogP contribution in [0.5, 0.6) is 0 Å². The molecule has 0 aromatic carbocycles. The molecule has 4 saturated carbocycles. The summed E-state index contributed by atoms with van der Waals surface area (Å²) in [6, 6.07) is 0. The minimum absolute atomic E-state index is 0. The quantitative estimate of drug-likeness (QED) is 0.832. The van der Waals surface area contributed by atoms with Gasteiger partial charge in [-0.3, -0.25) is 4.79 Å². The summed E-state index contributed by atoms with van der Waals surface area (Å²) < 4.78 is 5.71. The predicted octanol–water partition coefficient (Wildman–Crippen LogP) is 2.25. The first-order valence-corrected chi connectivity index (χ1v) is 8.79. The lowest BCUT2D eigenvalue weighted by Gasteiger charge is -2.57. The normalized spacial score (nSPS) is 45.6. The second kappa shape index (κ2) is 6.29. The number of ether oxygens (including phenoxy) is 1. The SMILES string of the molecule is Cl.NC[C@H]1CC[C@@H](C(=O)NCC23CC4CC(CC(C4)C2)C3)O1. The summed E-state index contributed by atoms with van der Waals surface area (Å²) in [5.74, 6) is 2.93. The molecule has 0 radical (unpaired) electrons. The van der Waals surface area contributed by atoms with Gasteiger partial charge in [0.05, 0.1) is 6.10 Å². The van der Waals surface area contributed by atoms with Gasteiger partial charge in [0.25, 0.3) is 0 Å². The topological polar surface area (TPSA) is 64.4 Å². The average Bonchev–Trinajstić information content (AvgIpc) is 2.92. The highest BCUT2D eigenvalue weighted by atomic mass is 35.5. The Hall–Kier alpha value is -0.320. The van der Waals surface area contributed by atoms with Crippen molar-refractivity contribution in [2.45, 2.75) is 63.6 Å².